The molecule has 0 amide bonds. The second-order valence-corrected chi connectivity index (χ2v) is 4.83. The largest absolute Gasteiger partial charge is 0.374 e. The molecule has 78 valence electrons. The van der Waals surface area contributed by atoms with E-state index >= 15 is 0 Å². The Labute approximate surface area is 94.9 Å². The molecule has 0 spiro atoms. The van der Waals surface area contributed by atoms with E-state index in [1.165, 1.54) is 30.1 Å². The molecule has 2 unspecified atom stereocenters. The molecule has 1 rings (SSSR count). The fourth-order valence-electron chi connectivity index (χ4n) is 1.64. The van der Waals surface area contributed by atoms with E-state index in [9.17, 15) is 0 Å². The van der Waals surface area contributed by atoms with Gasteiger partial charge in [-0.15, -0.1) is 0 Å². The third kappa shape index (κ3) is 5.18. The van der Waals surface area contributed by atoms with Crippen molar-refractivity contribution in [2.45, 2.75) is 44.8 Å². The normalized spacial score (nSPS) is 28.2. The molecule has 1 heterocycles. The highest BCUT2D eigenvalue weighted by Gasteiger charge is 2.20. The summed E-state index contributed by atoms with van der Waals surface area (Å²) in [6.07, 6.45) is 6.07. The molecule has 1 aliphatic rings. The highest BCUT2D eigenvalue weighted by Crippen LogP contribution is 2.17. The Morgan fingerprint density at radius 3 is 2.85 bits per heavy atom. The Morgan fingerprint density at radius 2 is 2.23 bits per heavy atom. The van der Waals surface area contributed by atoms with Crippen LogP contribution in [0.25, 0.3) is 0 Å². The summed E-state index contributed by atoms with van der Waals surface area (Å²) >= 11 is 2.43. The van der Waals surface area contributed by atoms with Gasteiger partial charge in [0.15, 0.2) is 0 Å². The lowest BCUT2D eigenvalue weighted by Gasteiger charge is -2.11. The molecule has 0 aliphatic carbocycles. The molecule has 0 aromatic carbocycles. The van der Waals surface area contributed by atoms with Crippen molar-refractivity contribution in [1.29, 1.82) is 0 Å². The van der Waals surface area contributed by atoms with Crippen molar-refractivity contribution in [3.63, 3.8) is 0 Å². The van der Waals surface area contributed by atoms with E-state index in [1.54, 1.807) is 0 Å². The van der Waals surface area contributed by atoms with E-state index in [4.69, 9.17) is 4.74 Å². The molecular formula is C10H20INO. The van der Waals surface area contributed by atoms with Crippen molar-refractivity contribution >= 4 is 22.6 Å². The molecule has 1 N–H and O–H groups in total. The van der Waals surface area contributed by atoms with Crippen LogP contribution in [0.2, 0.25) is 0 Å². The minimum atomic E-state index is 0.481. The van der Waals surface area contributed by atoms with E-state index < -0.39 is 0 Å². The monoisotopic (exact) mass is 297 g/mol. The van der Waals surface area contributed by atoms with Crippen LogP contribution in [0.5, 0.6) is 0 Å². The molecule has 2 nitrogen and oxygen atoms in total. The summed E-state index contributed by atoms with van der Waals surface area (Å²) in [6.45, 7) is 4.36. The number of hydrogen-bond donors (Lipinski definition) is 1. The summed E-state index contributed by atoms with van der Waals surface area (Å²) in [6, 6.07) is 0. The van der Waals surface area contributed by atoms with Gasteiger partial charge in [0.1, 0.15) is 0 Å². The third-order valence-electron chi connectivity index (χ3n) is 2.43. The van der Waals surface area contributed by atoms with Crippen LogP contribution >= 0.6 is 22.6 Å². The first-order valence-electron chi connectivity index (χ1n) is 5.25. The van der Waals surface area contributed by atoms with Gasteiger partial charge in [-0.2, -0.15) is 0 Å². The quantitative estimate of drug-likeness (QED) is 0.462. The predicted molar refractivity (Wildman–Crippen MR) is 64.6 cm³/mol. The molecule has 1 saturated heterocycles. The molecular weight excluding hydrogens is 277 g/mol. The number of halogens is 1. The van der Waals surface area contributed by atoms with Gasteiger partial charge in [-0.05, 0) is 43.6 Å². The van der Waals surface area contributed by atoms with E-state index in [0.29, 0.717) is 12.2 Å². The minimum Gasteiger partial charge on any atom is -0.374 e. The van der Waals surface area contributed by atoms with Gasteiger partial charge in [0.25, 0.3) is 0 Å². The SMILES string of the molecule is CC1CCC(CNCCCCI)O1. The van der Waals surface area contributed by atoms with Gasteiger partial charge in [0, 0.05) is 6.54 Å². The number of nitrogens with one attached hydrogen (secondary N) is 1. The Bertz CT molecular complexity index is 132. The topological polar surface area (TPSA) is 21.3 Å². The van der Waals surface area contributed by atoms with Crippen LogP contribution in [0.3, 0.4) is 0 Å². The molecule has 1 aliphatic heterocycles. The summed E-state index contributed by atoms with van der Waals surface area (Å²) in [4.78, 5) is 0. The molecule has 2 atom stereocenters. The summed E-state index contributed by atoms with van der Waals surface area (Å²) in [7, 11) is 0. The van der Waals surface area contributed by atoms with Gasteiger partial charge in [0.2, 0.25) is 0 Å². The second kappa shape index (κ2) is 7.01. The first-order valence-corrected chi connectivity index (χ1v) is 6.77. The summed E-state index contributed by atoms with van der Waals surface area (Å²) < 4.78 is 6.98. The molecule has 0 aromatic heterocycles. The molecule has 0 bridgehead atoms. The number of rotatable bonds is 6. The molecule has 0 aromatic rings. The Hall–Kier alpha value is 0.650. The van der Waals surface area contributed by atoms with Crippen LogP contribution in [0.1, 0.15) is 32.6 Å². The van der Waals surface area contributed by atoms with Crippen LogP contribution in [0.4, 0.5) is 0 Å². The van der Waals surface area contributed by atoms with Gasteiger partial charge in [0.05, 0.1) is 12.2 Å². The first-order chi connectivity index (χ1) is 6.33. The lowest BCUT2D eigenvalue weighted by Crippen LogP contribution is -2.27. The van der Waals surface area contributed by atoms with Crippen LogP contribution in [-0.4, -0.2) is 29.7 Å². The van der Waals surface area contributed by atoms with Crippen molar-refractivity contribution in [2.75, 3.05) is 17.5 Å². The van der Waals surface area contributed by atoms with Crippen LogP contribution < -0.4 is 5.32 Å². The van der Waals surface area contributed by atoms with E-state index in [0.717, 1.165) is 13.1 Å². The van der Waals surface area contributed by atoms with Crippen LogP contribution in [0, 0.1) is 0 Å². The van der Waals surface area contributed by atoms with Crippen molar-refractivity contribution in [3.8, 4) is 0 Å². The lowest BCUT2D eigenvalue weighted by molar-refractivity contribution is 0.0561. The van der Waals surface area contributed by atoms with Gasteiger partial charge in [-0.3, -0.25) is 0 Å². The second-order valence-electron chi connectivity index (χ2n) is 3.75. The molecule has 3 heteroatoms. The maximum atomic E-state index is 5.70. The third-order valence-corrected chi connectivity index (χ3v) is 3.19. The maximum Gasteiger partial charge on any atom is 0.0704 e. The van der Waals surface area contributed by atoms with Gasteiger partial charge >= 0.3 is 0 Å². The Kier molecular flexibility index (Phi) is 6.32. The summed E-state index contributed by atoms with van der Waals surface area (Å²) in [5.74, 6) is 0. The zero-order valence-electron chi connectivity index (χ0n) is 8.39. The fraction of sp³-hybridized carbons (Fsp3) is 1.00. The van der Waals surface area contributed by atoms with Crippen molar-refractivity contribution in [1.82, 2.24) is 5.32 Å². The predicted octanol–water partition coefficient (Wildman–Crippen LogP) is 2.36. The van der Waals surface area contributed by atoms with Gasteiger partial charge in [-0.25, -0.2) is 0 Å². The number of ether oxygens (including phenoxy) is 1. The van der Waals surface area contributed by atoms with Crippen molar-refractivity contribution in [3.05, 3.63) is 0 Å². The van der Waals surface area contributed by atoms with E-state index in [-0.39, 0.29) is 0 Å². The smallest absolute Gasteiger partial charge is 0.0704 e. The summed E-state index contributed by atoms with van der Waals surface area (Å²) in [5, 5.41) is 3.45. The average molecular weight is 297 g/mol. The van der Waals surface area contributed by atoms with Gasteiger partial charge in [-0.1, -0.05) is 22.6 Å². The lowest BCUT2D eigenvalue weighted by atomic mass is 10.2. The maximum absolute atomic E-state index is 5.70. The molecule has 1 fully saturated rings. The molecule has 0 saturated carbocycles. The summed E-state index contributed by atoms with van der Waals surface area (Å²) in [5.41, 5.74) is 0. The zero-order chi connectivity index (χ0) is 9.52. The highest BCUT2D eigenvalue weighted by molar-refractivity contribution is 14.1. The number of hydrogen-bond acceptors (Lipinski definition) is 2. The fourth-order valence-corrected chi connectivity index (χ4v) is 2.18. The van der Waals surface area contributed by atoms with Crippen molar-refractivity contribution in [2.24, 2.45) is 0 Å². The standard InChI is InChI=1S/C10H20INO/c1-9-4-5-10(13-9)8-12-7-3-2-6-11/h9-10,12H,2-8H2,1H3. The molecule has 0 radical (unpaired) electrons. The zero-order valence-corrected chi connectivity index (χ0v) is 10.5. The van der Waals surface area contributed by atoms with Crippen LogP contribution in [-0.2, 0) is 4.74 Å². The Balaban J connectivity index is 1.88. The van der Waals surface area contributed by atoms with E-state index in [1.807, 2.05) is 0 Å². The average Bonchev–Trinajstić information content (AvgIpc) is 2.51. The molecule has 13 heavy (non-hydrogen) atoms. The number of alkyl halides is 1. The Morgan fingerprint density at radius 1 is 1.38 bits per heavy atom. The van der Waals surface area contributed by atoms with Crippen molar-refractivity contribution < 1.29 is 4.74 Å². The van der Waals surface area contributed by atoms with E-state index in [2.05, 4.69) is 34.8 Å². The highest BCUT2D eigenvalue weighted by atomic mass is 127. The van der Waals surface area contributed by atoms with Gasteiger partial charge < -0.3 is 10.1 Å². The minimum absolute atomic E-state index is 0.481. The number of unbranched alkanes of at least 4 members (excludes halogenated alkanes) is 1. The first kappa shape index (κ1) is 11.7. The van der Waals surface area contributed by atoms with Crippen LogP contribution in [0.15, 0.2) is 0 Å².